The van der Waals surface area contributed by atoms with Crippen LogP contribution in [-0.4, -0.2) is 44.9 Å². The Bertz CT molecular complexity index is 195. The van der Waals surface area contributed by atoms with E-state index in [2.05, 4.69) is 15.9 Å². The van der Waals surface area contributed by atoms with E-state index in [0.717, 1.165) is 16.7 Å². The molecule has 6 heteroatoms. The second kappa shape index (κ2) is 4.25. The van der Waals surface area contributed by atoms with Crippen molar-refractivity contribution in [3.8, 4) is 0 Å². The summed E-state index contributed by atoms with van der Waals surface area (Å²) in [6.07, 6.45) is -0.670. The van der Waals surface area contributed by atoms with Gasteiger partial charge in [-0.25, -0.2) is 0 Å². The number of β-amino-alcohol motifs (C(OH)–C–C–N with tert-alkyl or cyclic N) is 1. The van der Waals surface area contributed by atoms with Gasteiger partial charge in [0, 0.05) is 5.33 Å². The van der Waals surface area contributed by atoms with Crippen LogP contribution in [0.25, 0.3) is 0 Å². The van der Waals surface area contributed by atoms with Crippen molar-refractivity contribution in [2.24, 2.45) is 0 Å². The lowest BCUT2D eigenvalue weighted by Gasteiger charge is -2.15. The van der Waals surface area contributed by atoms with E-state index < -0.39 is 6.10 Å². The van der Waals surface area contributed by atoms with Crippen LogP contribution in [0.2, 0.25) is 0 Å². The number of hydrogen-bond donors (Lipinski definition) is 1. The van der Waals surface area contributed by atoms with Crippen molar-refractivity contribution >= 4 is 38.8 Å². The lowest BCUT2D eigenvalue weighted by atomic mass is 10.4. The average molecular weight is 254 g/mol. The quantitative estimate of drug-likeness (QED) is 0.742. The molecule has 1 atom stereocenters. The summed E-state index contributed by atoms with van der Waals surface area (Å²) < 4.78 is 0. The molecule has 12 heavy (non-hydrogen) atoms. The summed E-state index contributed by atoms with van der Waals surface area (Å²) in [6.45, 7) is 0.0932. The van der Waals surface area contributed by atoms with Crippen molar-refractivity contribution in [2.45, 2.75) is 6.10 Å². The lowest BCUT2D eigenvalue weighted by molar-refractivity contribution is -0.125. The number of nitrogens with zero attached hydrogens (tertiary/aromatic N) is 1. The molecule has 0 spiro atoms. The van der Waals surface area contributed by atoms with Gasteiger partial charge in [-0.2, -0.15) is 0 Å². The Balaban J connectivity index is 2.50. The van der Waals surface area contributed by atoms with Gasteiger partial charge in [0.2, 0.25) is 5.91 Å². The molecule has 0 bridgehead atoms. The molecule has 1 heterocycles. The standard InChI is InChI=1S/C6H8BrNO3S/c7-1-4(9)2-8-5(10)3-12-6(8)11/h4,9H,1-3H2. The second-order valence-corrected chi connectivity index (χ2v) is 3.94. The summed E-state index contributed by atoms with van der Waals surface area (Å²) in [6, 6.07) is 0. The highest BCUT2D eigenvalue weighted by Gasteiger charge is 2.30. The highest BCUT2D eigenvalue weighted by molar-refractivity contribution is 9.09. The van der Waals surface area contributed by atoms with Crippen molar-refractivity contribution in [2.75, 3.05) is 17.6 Å². The summed E-state index contributed by atoms with van der Waals surface area (Å²) in [4.78, 5) is 23.1. The number of halogens is 1. The fraction of sp³-hybridized carbons (Fsp3) is 0.667. The fourth-order valence-electron chi connectivity index (χ4n) is 0.817. The maximum Gasteiger partial charge on any atom is 0.288 e. The first-order chi connectivity index (χ1) is 5.65. The van der Waals surface area contributed by atoms with Crippen LogP contribution in [0.1, 0.15) is 0 Å². The van der Waals surface area contributed by atoms with Crippen LogP contribution in [0.5, 0.6) is 0 Å². The van der Waals surface area contributed by atoms with Crippen LogP contribution in [-0.2, 0) is 4.79 Å². The van der Waals surface area contributed by atoms with Crippen LogP contribution < -0.4 is 0 Å². The molecular weight excluding hydrogens is 246 g/mol. The first-order valence-electron chi connectivity index (χ1n) is 3.36. The van der Waals surface area contributed by atoms with Gasteiger partial charge in [-0.05, 0) is 0 Å². The second-order valence-electron chi connectivity index (χ2n) is 2.37. The van der Waals surface area contributed by atoms with Gasteiger partial charge < -0.3 is 5.11 Å². The number of aliphatic hydroxyl groups is 1. The van der Waals surface area contributed by atoms with E-state index in [1.807, 2.05) is 0 Å². The summed E-state index contributed by atoms with van der Waals surface area (Å²) in [5.41, 5.74) is 0. The molecule has 0 radical (unpaired) electrons. The molecule has 1 fully saturated rings. The summed E-state index contributed by atoms with van der Waals surface area (Å²) in [5.74, 6) is -0.0154. The Hall–Kier alpha value is -0.0700. The average Bonchev–Trinajstić information content (AvgIpc) is 2.35. The first-order valence-corrected chi connectivity index (χ1v) is 5.47. The molecule has 1 unspecified atom stereocenters. The number of carbonyl (C=O) groups is 2. The molecule has 0 saturated carbocycles. The third-order valence-corrected chi connectivity index (χ3v) is 3.02. The van der Waals surface area contributed by atoms with E-state index in [4.69, 9.17) is 5.11 Å². The third kappa shape index (κ3) is 2.21. The van der Waals surface area contributed by atoms with E-state index >= 15 is 0 Å². The Morgan fingerprint density at radius 3 is 2.75 bits per heavy atom. The monoisotopic (exact) mass is 253 g/mol. The predicted octanol–water partition coefficient (Wildman–Crippen LogP) is 0.438. The molecule has 0 aromatic carbocycles. The van der Waals surface area contributed by atoms with E-state index in [0.29, 0.717) is 5.33 Å². The van der Waals surface area contributed by atoms with Crippen molar-refractivity contribution in [3.63, 3.8) is 0 Å². The molecule has 0 aromatic rings. The minimum atomic E-state index is -0.670. The maximum atomic E-state index is 11.0. The molecule has 1 aliphatic rings. The van der Waals surface area contributed by atoms with Gasteiger partial charge in [0.1, 0.15) is 0 Å². The third-order valence-electron chi connectivity index (χ3n) is 1.41. The fourth-order valence-corrected chi connectivity index (χ4v) is 1.76. The van der Waals surface area contributed by atoms with E-state index in [-0.39, 0.29) is 23.4 Å². The number of aliphatic hydroxyl groups excluding tert-OH is 1. The number of amides is 2. The van der Waals surface area contributed by atoms with Gasteiger partial charge in [0.15, 0.2) is 0 Å². The molecular formula is C6H8BrNO3S. The highest BCUT2D eigenvalue weighted by atomic mass is 79.9. The zero-order valence-corrected chi connectivity index (χ0v) is 8.60. The van der Waals surface area contributed by atoms with Gasteiger partial charge in [-0.3, -0.25) is 14.5 Å². The molecule has 0 aromatic heterocycles. The Morgan fingerprint density at radius 1 is 1.67 bits per heavy atom. The maximum absolute atomic E-state index is 11.0. The minimum Gasteiger partial charge on any atom is -0.390 e. The number of hydrogen-bond acceptors (Lipinski definition) is 4. The molecule has 1 saturated heterocycles. The molecule has 1 rings (SSSR count). The van der Waals surface area contributed by atoms with Crippen molar-refractivity contribution < 1.29 is 14.7 Å². The lowest BCUT2D eigenvalue weighted by Crippen LogP contribution is -2.36. The zero-order chi connectivity index (χ0) is 9.14. The van der Waals surface area contributed by atoms with Crippen molar-refractivity contribution in [1.29, 1.82) is 0 Å². The first kappa shape index (κ1) is 10.0. The number of carbonyl (C=O) groups excluding carboxylic acids is 2. The molecule has 1 aliphatic heterocycles. The number of thioether (sulfide) groups is 1. The van der Waals surface area contributed by atoms with Crippen LogP contribution >= 0.6 is 27.7 Å². The number of alkyl halides is 1. The number of rotatable bonds is 3. The molecule has 1 N–H and O–H groups in total. The largest absolute Gasteiger partial charge is 0.390 e. The van der Waals surface area contributed by atoms with Crippen molar-refractivity contribution in [1.82, 2.24) is 4.90 Å². The molecule has 2 amide bonds. The normalized spacial score (nSPS) is 20.3. The topological polar surface area (TPSA) is 57.6 Å². The summed E-state index contributed by atoms with van der Waals surface area (Å²) in [5, 5.41) is 9.26. The summed E-state index contributed by atoms with van der Waals surface area (Å²) in [7, 11) is 0. The van der Waals surface area contributed by atoms with Gasteiger partial charge in [-0.15, -0.1) is 0 Å². The van der Waals surface area contributed by atoms with Crippen LogP contribution in [0, 0.1) is 0 Å². The van der Waals surface area contributed by atoms with Crippen LogP contribution in [0.15, 0.2) is 0 Å². The van der Waals surface area contributed by atoms with E-state index in [9.17, 15) is 9.59 Å². The van der Waals surface area contributed by atoms with Gasteiger partial charge in [-0.1, -0.05) is 27.7 Å². The predicted molar refractivity (Wildman–Crippen MR) is 49.4 cm³/mol. The van der Waals surface area contributed by atoms with Crippen molar-refractivity contribution in [3.05, 3.63) is 0 Å². The van der Waals surface area contributed by atoms with Crippen LogP contribution in [0.3, 0.4) is 0 Å². The SMILES string of the molecule is O=C1CSC(=O)N1CC(O)CBr. The summed E-state index contributed by atoms with van der Waals surface area (Å²) >= 11 is 4.03. The van der Waals surface area contributed by atoms with E-state index in [1.165, 1.54) is 0 Å². The minimum absolute atomic E-state index is 0.0932. The highest BCUT2D eigenvalue weighted by Crippen LogP contribution is 2.18. The van der Waals surface area contributed by atoms with Gasteiger partial charge in [0.05, 0.1) is 18.4 Å². The molecule has 0 aliphatic carbocycles. The molecule has 4 nitrogen and oxygen atoms in total. The van der Waals surface area contributed by atoms with Crippen LogP contribution in [0.4, 0.5) is 4.79 Å². The number of imide groups is 1. The van der Waals surface area contributed by atoms with Gasteiger partial charge >= 0.3 is 0 Å². The smallest absolute Gasteiger partial charge is 0.288 e. The molecule has 68 valence electrons. The zero-order valence-electron chi connectivity index (χ0n) is 6.20. The van der Waals surface area contributed by atoms with Gasteiger partial charge in [0.25, 0.3) is 5.24 Å². The Labute approximate surface area is 82.4 Å². The Kier molecular flexibility index (Phi) is 3.54. The Morgan fingerprint density at radius 2 is 2.33 bits per heavy atom. The van der Waals surface area contributed by atoms with E-state index in [1.54, 1.807) is 0 Å².